The van der Waals surface area contributed by atoms with Crippen LogP contribution in [0.3, 0.4) is 0 Å². The lowest BCUT2D eigenvalue weighted by molar-refractivity contribution is 0.912. The first kappa shape index (κ1) is 13.4. The molecule has 0 spiro atoms. The quantitative estimate of drug-likeness (QED) is 0.935. The summed E-state index contributed by atoms with van der Waals surface area (Å²) in [4.78, 5) is 11.2. The second kappa shape index (κ2) is 5.80. The molecule has 0 radical (unpaired) electrons. The lowest BCUT2D eigenvalue weighted by atomic mass is 10.2. The van der Waals surface area contributed by atoms with Gasteiger partial charge in [0, 0.05) is 24.8 Å². The van der Waals surface area contributed by atoms with E-state index in [1.54, 1.807) is 12.1 Å². The van der Waals surface area contributed by atoms with Crippen LogP contribution in [0.4, 0.5) is 17.3 Å². The average Bonchev–Trinajstić information content (AvgIpc) is 3.02. The van der Waals surface area contributed by atoms with Crippen LogP contribution >= 0.6 is 0 Å². The molecule has 0 amide bonds. The van der Waals surface area contributed by atoms with E-state index in [1.165, 1.54) is 12.8 Å². The molecule has 5 nitrogen and oxygen atoms in total. The Bertz CT molecular complexity index is 666. The van der Waals surface area contributed by atoms with Gasteiger partial charge in [0.2, 0.25) is 0 Å². The Kier molecular flexibility index (Phi) is 3.69. The maximum atomic E-state index is 8.82. The lowest BCUT2D eigenvalue weighted by Gasteiger charge is -2.17. The van der Waals surface area contributed by atoms with E-state index in [4.69, 9.17) is 5.26 Å². The predicted octanol–water partition coefficient (Wildman–Crippen LogP) is 3.00. The van der Waals surface area contributed by atoms with Crippen molar-refractivity contribution >= 4 is 17.3 Å². The molecule has 1 saturated heterocycles. The minimum absolute atomic E-state index is 0.650. The van der Waals surface area contributed by atoms with Crippen molar-refractivity contribution in [2.24, 2.45) is 0 Å². The normalized spacial score (nSPS) is 14.0. The van der Waals surface area contributed by atoms with Gasteiger partial charge < -0.3 is 10.2 Å². The lowest BCUT2D eigenvalue weighted by Crippen LogP contribution is -2.19. The summed E-state index contributed by atoms with van der Waals surface area (Å²) in [5, 5.41) is 12.1. The molecule has 1 aliphatic rings. The molecule has 106 valence electrons. The molecular weight excluding hydrogens is 262 g/mol. The summed E-state index contributed by atoms with van der Waals surface area (Å²) in [6.45, 7) is 4.03. The summed E-state index contributed by atoms with van der Waals surface area (Å²) in [7, 11) is 0. The van der Waals surface area contributed by atoms with Gasteiger partial charge in [-0.3, -0.25) is 0 Å². The Morgan fingerprint density at radius 3 is 2.52 bits per heavy atom. The number of hydrogen-bond donors (Lipinski definition) is 1. The highest BCUT2D eigenvalue weighted by Crippen LogP contribution is 2.22. The van der Waals surface area contributed by atoms with Gasteiger partial charge in [-0.25, -0.2) is 9.97 Å². The fraction of sp³-hybridized carbons (Fsp3) is 0.312. The van der Waals surface area contributed by atoms with Gasteiger partial charge in [0.15, 0.2) is 0 Å². The number of nitrogens with zero attached hydrogens (tertiary/aromatic N) is 4. The van der Waals surface area contributed by atoms with Crippen molar-refractivity contribution in [2.75, 3.05) is 23.3 Å². The molecule has 1 aromatic heterocycles. The first-order valence-corrected chi connectivity index (χ1v) is 7.12. The van der Waals surface area contributed by atoms with Crippen LogP contribution in [0.15, 0.2) is 30.3 Å². The highest BCUT2D eigenvalue weighted by Gasteiger charge is 2.15. The molecule has 1 aromatic carbocycles. The van der Waals surface area contributed by atoms with Gasteiger partial charge in [-0.05, 0) is 44.0 Å². The van der Waals surface area contributed by atoms with E-state index in [0.717, 1.165) is 36.2 Å². The number of nitriles is 1. The number of aryl methyl sites for hydroxylation is 1. The number of rotatable bonds is 3. The van der Waals surface area contributed by atoms with E-state index in [0.29, 0.717) is 5.56 Å². The van der Waals surface area contributed by atoms with Gasteiger partial charge >= 0.3 is 0 Å². The Morgan fingerprint density at radius 1 is 1.14 bits per heavy atom. The van der Waals surface area contributed by atoms with Crippen LogP contribution < -0.4 is 10.2 Å². The fourth-order valence-electron chi connectivity index (χ4n) is 2.50. The van der Waals surface area contributed by atoms with Gasteiger partial charge in [-0.2, -0.15) is 5.26 Å². The number of nitrogens with one attached hydrogen (secondary N) is 1. The molecule has 21 heavy (non-hydrogen) atoms. The molecule has 1 N–H and O–H groups in total. The molecule has 0 aliphatic carbocycles. The van der Waals surface area contributed by atoms with Gasteiger partial charge in [-0.1, -0.05) is 0 Å². The molecule has 1 aliphatic heterocycles. The maximum Gasteiger partial charge on any atom is 0.136 e. The Labute approximate surface area is 124 Å². The number of anilines is 3. The zero-order chi connectivity index (χ0) is 14.7. The van der Waals surface area contributed by atoms with Crippen molar-refractivity contribution < 1.29 is 0 Å². The van der Waals surface area contributed by atoms with Crippen LogP contribution in [-0.4, -0.2) is 23.1 Å². The Balaban J connectivity index is 1.82. The minimum atomic E-state index is 0.650. The van der Waals surface area contributed by atoms with Crippen LogP contribution in [0.1, 0.15) is 24.2 Å². The zero-order valence-corrected chi connectivity index (χ0v) is 12.0. The molecular formula is C16H17N5. The van der Waals surface area contributed by atoms with E-state index in [-0.39, 0.29) is 0 Å². The second-order valence-electron chi connectivity index (χ2n) is 5.17. The highest BCUT2D eigenvalue weighted by atomic mass is 15.2. The van der Waals surface area contributed by atoms with E-state index in [2.05, 4.69) is 26.3 Å². The maximum absolute atomic E-state index is 8.82. The largest absolute Gasteiger partial charge is 0.356 e. The fourth-order valence-corrected chi connectivity index (χ4v) is 2.50. The topological polar surface area (TPSA) is 64.8 Å². The average molecular weight is 279 g/mol. The highest BCUT2D eigenvalue weighted by molar-refractivity contribution is 5.60. The van der Waals surface area contributed by atoms with Crippen LogP contribution in [0.2, 0.25) is 0 Å². The minimum Gasteiger partial charge on any atom is -0.356 e. The van der Waals surface area contributed by atoms with Crippen LogP contribution in [0.5, 0.6) is 0 Å². The van der Waals surface area contributed by atoms with Crippen molar-refractivity contribution in [1.29, 1.82) is 5.26 Å². The van der Waals surface area contributed by atoms with Crippen molar-refractivity contribution in [3.8, 4) is 6.07 Å². The third-order valence-electron chi connectivity index (χ3n) is 3.54. The van der Waals surface area contributed by atoms with Gasteiger partial charge in [0.05, 0.1) is 11.6 Å². The number of benzene rings is 1. The summed E-state index contributed by atoms with van der Waals surface area (Å²) in [5.74, 6) is 2.53. The molecule has 3 rings (SSSR count). The Morgan fingerprint density at radius 2 is 1.86 bits per heavy atom. The number of aromatic nitrogens is 2. The van der Waals surface area contributed by atoms with Crippen LogP contribution in [0.25, 0.3) is 0 Å². The molecule has 5 heteroatoms. The van der Waals surface area contributed by atoms with Crippen molar-refractivity contribution in [3.63, 3.8) is 0 Å². The van der Waals surface area contributed by atoms with Crippen LogP contribution in [0, 0.1) is 18.3 Å². The van der Waals surface area contributed by atoms with E-state index < -0.39 is 0 Å². The SMILES string of the molecule is Cc1nc(Nc2ccc(C#N)cc2)cc(N2CCCC2)n1. The Hall–Kier alpha value is -2.61. The molecule has 2 aromatic rings. The van der Waals surface area contributed by atoms with Gasteiger partial charge in [0.25, 0.3) is 0 Å². The monoisotopic (exact) mass is 279 g/mol. The molecule has 0 bridgehead atoms. The van der Waals surface area contributed by atoms with E-state index >= 15 is 0 Å². The molecule has 0 atom stereocenters. The molecule has 2 heterocycles. The third kappa shape index (κ3) is 3.11. The molecule has 0 unspecified atom stereocenters. The summed E-state index contributed by atoms with van der Waals surface area (Å²) in [6, 6.07) is 11.4. The van der Waals surface area contributed by atoms with E-state index in [9.17, 15) is 0 Å². The van der Waals surface area contributed by atoms with Crippen molar-refractivity contribution in [1.82, 2.24) is 9.97 Å². The smallest absolute Gasteiger partial charge is 0.136 e. The number of hydrogen-bond acceptors (Lipinski definition) is 5. The van der Waals surface area contributed by atoms with E-state index in [1.807, 2.05) is 25.1 Å². The first-order chi connectivity index (χ1) is 10.2. The standard InChI is InChI=1S/C16H17N5/c1-12-18-15(10-16(19-12)21-8-2-3-9-21)20-14-6-4-13(11-17)5-7-14/h4-7,10H,2-3,8-9H2,1H3,(H,18,19,20). The van der Waals surface area contributed by atoms with Crippen molar-refractivity contribution in [2.45, 2.75) is 19.8 Å². The van der Waals surface area contributed by atoms with Crippen molar-refractivity contribution in [3.05, 3.63) is 41.7 Å². The first-order valence-electron chi connectivity index (χ1n) is 7.12. The third-order valence-corrected chi connectivity index (χ3v) is 3.54. The van der Waals surface area contributed by atoms with Crippen LogP contribution in [-0.2, 0) is 0 Å². The van der Waals surface area contributed by atoms with Gasteiger partial charge in [-0.15, -0.1) is 0 Å². The summed E-state index contributed by atoms with van der Waals surface area (Å²) in [6.07, 6.45) is 2.45. The second-order valence-corrected chi connectivity index (χ2v) is 5.17. The van der Waals surface area contributed by atoms with Gasteiger partial charge in [0.1, 0.15) is 17.5 Å². The summed E-state index contributed by atoms with van der Waals surface area (Å²) in [5.41, 5.74) is 1.57. The molecule has 1 fully saturated rings. The summed E-state index contributed by atoms with van der Waals surface area (Å²) >= 11 is 0. The molecule has 0 saturated carbocycles. The predicted molar refractivity (Wildman–Crippen MR) is 82.7 cm³/mol. The zero-order valence-electron chi connectivity index (χ0n) is 12.0. The summed E-state index contributed by atoms with van der Waals surface area (Å²) < 4.78 is 0.